The summed E-state index contributed by atoms with van der Waals surface area (Å²) in [6, 6.07) is 5.91. The monoisotopic (exact) mass is 318 g/mol. The van der Waals surface area contributed by atoms with Crippen LogP contribution >= 0.6 is 0 Å². The largest absolute Gasteiger partial charge is 0.354 e. The number of urea groups is 1. The van der Waals surface area contributed by atoms with E-state index in [0.717, 1.165) is 12.8 Å². The number of anilines is 2. The molecule has 1 aliphatic heterocycles. The molecule has 0 fully saturated rings. The van der Waals surface area contributed by atoms with Gasteiger partial charge in [0.2, 0.25) is 11.8 Å². The van der Waals surface area contributed by atoms with Crippen LogP contribution in [-0.2, 0) is 9.59 Å². The number of nitrogens with one attached hydrogen (secondary N) is 3. The lowest BCUT2D eigenvalue weighted by Gasteiger charge is -2.30. The zero-order valence-corrected chi connectivity index (χ0v) is 13.4. The average Bonchev–Trinajstić information content (AvgIpc) is 2.53. The second-order valence-electron chi connectivity index (χ2n) is 5.47. The minimum Gasteiger partial charge on any atom is -0.354 e. The lowest BCUT2D eigenvalue weighted by molar-refractivity contribution is -0.122. The molecule has 0 radical (unpaired) electrons. The Kier molecular flexibility index (Phi) is 5.56. The lowest BCUT2D eigenvalue weighted by Crippen LogP contribution is -2.53. The molecule has 0 saturated heterocycles. The Morgan fingerprint density at radius 2 is 2.09 bits per heavy atom. The third-order valence-electron chi connectivity index (χ3n) is 3.58. The van der Waals surface area contributed by atoms with Gasteiger partial charge < -0.3 is 16.0 Å². The van der Waals surface area contributed by atoms with Gasteiger partial charge in [-0.15, -0.1) is 0 Å². The minimum absolute atomic E-state index is 0.0764. The van der Waals surface area contributed by atoms with Crippen molar-refractivity contribution in [1.29, 1.82) is 0 Å². The van der Waals surface area contributed by atoms with E-state index in [1.165, 1.54) is 4.90 Å². The predicted molar refractivity (Wildman–Crippen MR) is 88.3 cm³/mol. The third-order valence-corrected chi connectivity index (χ3v) is 3.58. The normalized spacial score (nSPS) is 14.5. The molecule has 1 aliphatic rings. The number of carbonyl (C=O) groups is 3. The van der Waals surface area contributed by atoms with Gasteiger partial charge in [0.05, 0.1) is 11.4 Å². The molecule has 2 rings (SSSR count). The highest BCUT2D eigenvalue weighted by atomic mass is 16.2. The Hall–Kier alpha value is -2.57. The molecule has 1 atom stereocenters. The van der Waals surface area contributed by atoms with Gasteiger partial charge in [-0.2, -0.15) is 0 Å². The van der Waals surface area contributed by atoms with Gasteiger partial charge in [-0.3, -0.25) is 14.5 Å². The fourth-order valence-electron chi connectivity index (χ4n) is 2.28. The standard InChI is InChI=1S/C16H22N4O3/c1-3-4-9-17-15(22)11(2)18-16(23)20-10-14(21)19-12-7-5-6-8-13(12)20/h5-8,11H,3-4,9-10H2,1-2H3,(H,17,22)(H,18,23)(H,19,21)/t11-/m1/s1. The first-order valence-electron chi connectivity index (χ1n) is 7.77. The first-order chi connectivity index (χ1) is 11.0. The minimum atomic E-state index is -0.670. The van der Waals surface area contributed by atoms with Crippen LogP contribution in [0.5, 0.6) is 0 Å². The highest BCUT2D eigenvalue weighted by Crippen LogP contribution is 2.28. The van der Waals surface area contributed by atoms with E-state index in [9.17, 15) is 14.4 Å². The van der Waals surface area contributed by atoms with E-state index in [2.05, 4.69) is 16.0 Å². The Morgan fingerprint density at radius 1 is 1.35 bits per heavy atom. The van der Waals surface area contributed by atoms with Crippen molar-refractivity contribution in [3.8, 4) is 0 Å². The fourth-order valence-corrected chi connectivity index (χ4v) is 2.28. The highest BCUT2D eigenvalue weighted by molar-refractivity contribution is 6.09. The molecule has 0 aromatic heterocycles. The molecule has 0 spiro atoms. The molecule has 0 unspecified atom stereocenters. The molecule has 124 valence electrons. The summed E-state index contributed by atoms with van der Waals surface area (Å²) in [6.07, 6.45) is 1.88. The summed E-state index contributed by atoms with van der Waals surface area (Å²) < 4.78 is 0. The number of unbranched alkanes of at least 4 members (excludes halogenated alkanes) is 1. The summed E-state index contributed by atoms with van der Waals surface area (Å²) >= 11 is 0. The molecule has 0 aliphatic carbocycles. The van der Waals surface area contributed by atoms with E-state index in [0.29, 0.717) is 17.9 Å². The van der Waals surface area contributed by atoms with E-state index in [4.69, 9.17) is 0 Å². The van der Waals surface area contributed by atoms with Gasteiger partial charge in [0.15, 0.2) is 0 Å². The molecule has 1 heterocycles. The maximum absolute atomic E-state index is 12.4. The van der Waals surface area contributed by atoms with Crippen LogP contribution in [0.4, 0.5) is 16.2 Å². The fraction of sp³-hybridized carbons (Fsp3) is 0.438. The summed E-state index contributed by atoms with van der Waals surface area (Å²) in [5, 5.41) is 8.12. The van der Waals surface area contributed by atoms with Crippen LogP contribution in [0.1, 0.15) is 26.7 Å². The maximum Gasteiger partial charge on any atom is 0.323 e. The van der Waals surface area contributed by atoms with Gasteiger partial charge in [-0.05, 0) is 25.5 Å². The lowest BCUT2D eigenvalue weighted by atomic mass is 10.2. The van der Waals surface area contributed by atoms with E-state index >= 15 is 0 Å². The number of hydrogen-bond donors (Lipinski definition) is 3. The summed E-state index contributed by atoms with van der Waals surface area (Å²) in [6.45, 7) is 4.17. The molecule has 0 saturated carbocycles. The summed E-state index contributed by atoms with van der Waals surface area (Å²) in [4.78, 5) is 37.4. The molecule has 23 heavy (non-hydrogen) atoms. The van der Waals surface area contributed by atoms with Crippen molar-refractivity contribution in [1.82, 2.24) is 10.6 Å². The molecule has 7 nitrogen and oxygen atoms in total. The van der Waals surface area contributed by atoms with Gasteiger partial charge in [-0.1, -0.05) is 25.5 Å². The number of benzene rings is 1. The molecular formula is C16H22N4O3. The molecule has 0 bridgehead atoms. The molecule has 1 aromatic rings. The number of para-hydroxylation sites is 2. The van der Waals surface area contributed by atoms with Crippen molar-refractivity contribution < 1.29 is 14.4 Å². The number of amides is 4. The maximum atomic E-state index is 12.4. The van der Waals surface area contributed by atoms with E-state index in [1.54, 1.807) is 31.2 Å². The van der Waals surface area contributed by atoms with Gasteiger partial charge in [0.1, 0.15) is 12.6 Å². The topological polar surface area (TPSA) is 90.5 Å². The van der Waals surface area contributed by atoms with Crippen LogP contribution in [0.25, 0.3) is 0 Å². The predicted octanol–water partition coefficient (Wildman–Crippen LogP) is 1.46. The Morgan fingerprint density at radius 3 is 2.83 bits per heavy atom. The van der Waals surface area contributed by atoms with Crippen molar-refractivity contribution >= 4 is 29.2 Å². The molecule has 4 amide bonds. The van der Waals surface area contributed by atoms with E-state index in [-0.39, 0.29) is 18.4 Å². The number of nitrogens with zero attached hydrogens (tertiary/aromatic N) is 1. The van der Waals surface area contributed by atoms with Gasteiger partial charge in [0.25, 0.3) is 0 Å². The molecular weight excluding hydrogens is 296 g/mol. The van der Waals surface area contributed by atoms with Gasteiger partial charge in [0, 0.05) is 6.54 Å². The molecule has 3 N–H and O–H groups in total. The van der Waals surface area contributed by atoms with Crippen LogP contribution in [0.15, 0.2) is 24.3 Å². The average molecular weight is 318 g/mol. The Balaban J connectivity index is 2.00. The van der Waals surface area contributed by atoms with Crippen molar-refractivity contribution in [3.63, 3.8) is 0 Å². The summed E-state index contributed by atoms with van der Waals surface area (Å²) in [5.74, 6) is -0.500. The second kappa shape index (κ2) is 7.62. The van der Waals surface area contributed by atoms with Crippen molar-refractivity contribution in [2.45, 2.75) is 32.7 Å². The second-order valence-corrected chi connectivity index (χ2v) is 5.47. The van der Waals surface area contributed by atoms with Crippen LogP contribution in [0.3, 0.4) is 0 Å². The van der Waals surface area contributed by atoms with Crippen LogP contribution < -0.4 is 20.9 Å². The van der Waals surface area contributed by atoms with Crippen molar-refractivity contribution in [2.75, 3.05) is 23.3 Å². The Bertz CT molecular complexity index is 603. The number of carbonyl (C=O) groups excluding carboxylic acids is 3. The van der Waals surface area contributed by atoms with E-state index < -0.39 is 12.1 Å². The van der Waals surface area contributed by atoms with Crippen molar-refractivity contribution in [2.24, 2.45) is 0 Å². The highest BCUT2D eigenvalue weighted by Gasteiger charge is 2.28. The molecule has 1 aromatic carbocycles. The first-order valence-corrected chi connectivity index (χ1v) is 7.77. The first kappa shape index (κ1) is 16.8. The zero-order chi connectivity index (χ0) is 16.8. The Labute approximate surface area is 135 Å². The molecule has 7 heteroatoms. The quantitative estimate of drug-likeness (QED) is 0.718. The van der Waals surface area contributed by atoms with Crippen LogP contribution in [0.2, 0.25) is 0 Å². The number of rotatable bonds is 5. The SMILES string of the molecule is CCCCNC(=O)[C@@H](C)NC(=O)N1CC(=O)Nc2ccccc21. The van der Waals surface area contributed by atoms with E-state index in [1.807, 2.05) is 6.92 Å². The zero-order valence-electron chi connectivity index (χ0n) is 13.4. The summed E-state index contributed by atoms with van der Waals surface area (Å²) in [5.41, 5.74) is 1.20. The van der Waals surface area contributed by atoms with Crippen LogP contribution in [-0.4, -0.2) is 37.0 Å². The van der Waals surface area contributed by atoms with Gasteiger partial charge >= 0.3 is 6.03 Å². The van der Waals surface area contributed by atoms with Crippen molar-refractivity contribution in [3.05, 3.63) is 24.3 Å². The summed E-state index contributed by atoms with van der Waals surface area (Å²) in [7, 11) is 0. The smallest absolute Gasteiger partial charge is 0.323 e. The van der Waals surface area contributed by atoms with Crippen LogP contribution in [0, 0.1) is 0 Å². The number of hydrogen-bond acceptors (Lipinski definition) is 3. The van der Waals surface area contributed by atoms with Gasteiger partial charge in [-0.25, -0.2) is 4.79 Å². The third kappa shape index (κ3) is 4.21. The number of fused-ring (bicyclic) bond motifs is 1.